The second-order valence-electron chi connectivity index (χ2n) is 7.13. The van der Waals surface area contributed by atoms with E-state index < -0.39 is 28.5 Å². The van der Waals surface area contributed by atoms with Crippen LogP contribution in [0.1, 0.15) is 34.3 Å². The monoisotopic (exact) mass is 416 g/mol. The highest BCUT2D eigenvalue weighted by Crippen LogP contribution is 2.22. The van der Waals surface area contributed by atoms with Gasteiger partial charge < -0.3 is 10.1 Å². The lowest BCUT2D eigenvalue weighted by atomic mass is 9.90. The number of hydrogen-bond acceptors (Lipinski definition) is 5. The lowest BCUT2D eigenvalue weighted by molar-refractivity contribution is -0.119. The molecule has 0 saturated carbocycles. The van der Waals surface area contributed by atoms with E-state index in [0.717, 1.165) is 23.6 Å². The average Bonchev–Trinajstić information content (AvgIpc) is 2.72. The molecule has 1 amide bonds. The topological polar surface area (TPSA) is 92.8 Å². The van der Waals surface area contributed by atoms with Crippen LogP contribution in [0.15, 0.2) is 47.4 Å². The summed E-state index contributed by atoms with van der Waals surface area (Å²) < 4.78 is 30.3. The minimum absolute atomic E-state index is 0.124. The van der Waals surface area contributed by atoms with E-state index in [1.54, 1.807) is 6.07 Å². The molecule has 29 heavy (non-hydrogen) atoms. The summed E-state index contributed by atoms with van der Waals surface area (Å²) in [5.41, 5.74) is 3.29. The van der Waals surface area contributed by atoms with Crippen molar-refractivity contribution in [3.05, 3.63) is 59.2 Å². The largest absolute Gasteiger partial charge is 0.452 e. The number of amides is 1. The summed E-state index contributed by atoms with van der Waals surface area (Å²) in [4.78, 5) is 24.4. The number of anilines is 1. The van der Waals surface area contributed by atoms with Gasteiger partial charge in [0.05, 0.1) is 10.5 Å². The summed E-state index contributed by atoms with van der Waals surface area (Å²) in [5, 5.41) is 2.58. The Morgan fingerprint density at radius 2 is 1.66 bits per heavy atom. The predicted molar refractivity (Wildman–Crippen MR) is 109 cm³/mol. The lowest BCUT2D eigenvalue weighted by Gasteiger charge is -2.16. The number of fused-ring (bicyclic) bond motifs is 1. The Balaban J connectivity index is 1.55. The first kappa shape index (κ1) is 21.0. The molecule has 0 radical (unpaired) electrons. The van der Waals surface area contributed by atoms with Crippen LogP contribution in [0.5, 0.6) is 0 Å². The molecule has 0 aliphatic heterocycles. The zero-order valence-electron chi connectivity index (χ0n) is 16.5. The van der Waals surface area contributed by atoms with Crippen molar-refractivity contribution in [1.29, 1.82) is 0 Å². The van der Waals surface area contributed by atoms with E-state index in [0.29, 0.717) is 11.3 Å². The van der Waals surface area contributed by atoms with Crippen LogP contribution < -0.4 is 5.32 Å². The molecule has 1 aliphatic rings. The molecule has 0 spiro atoms. The molecule has 2 aromatic carbocycles. The molecule has 2 aromatic rings. The third-order valence-corrected chi connectivity index (χ3v) is 6.66. The summed E-state index contributed by atoms with van der Waals surface area (Å²) in [6.45, 7) is -0.423. The second kappa shape index (κ2) is 8.75. The summed E-state index contributed by atoms with van der Waals surface area (Å²) in [6.07, 6.45) is 4.26. The molecular formula is C21H24N2O5S. The highest BCUT2D eigenvalue weighted by atomic mass is 32.2. The van der Waals surface area contributed by atoms with Gasteiger partial charge in [-0.05, 0) is 73.2 Å². The van der Waals surface area contributed by atoms with Crippen molar-refractivity contribution >= 4 is 27.6 Å². The zero-order valence-corrected chi connectivity index (χ0v) is 17.3. The van der Waals surface area contributed by atoms with Crippen LogP contribution >= 0.6 is 0 Å². The van der Waals surface area contributed by atoms with Crippen molar-refractivity contribution < 1.29 is 22.7 Å². The molecule has 8 heteroatoms. The standard InChI is InChI=1S/C21H24N2O5S/c1-23(2)29(26,27)19-11-9-18(10-12-19)22-20(24)14-28-21(25)17-8-7-15-5-3-4-6-16(15)13-17/h7-13H,3-6,14H2,1-2H3,(H,22,24). The van der Waals surface area contributed by atoms with Crippen LogP contribution in [0.3, 0.4) is 0 Å². The molecule has 0 heterocycles. The molecule has 3 rings (SSSR count). The number of rotatable bonds is 6. The molecule has 0 unspecified atom stereocenters. The van der Waals surface area contributed by atoms with Crippen molar-refractivity contribution in [3.63, 3.8) is 0 Å². The summed E-state index contributed by atoms with van der Waals surface area (Å²) in [7, 11) is -0.637. The van der Waals surface area contributed by atoms with Crippen molar-refractivity contribution in [2.45, 2.75) is 30.6 Å². The van der Waals surface area contributed by atoms with Crippen LogP contribution in [0.2, 0.25) is 0 Å². The number of nitrogens with one attached hydrogen (secondary N) is 1. The maximum atomic E-state index is 12.2. The van der Waals surface area contributed by atoms with Gasteiger partial charge in [0.1, 0.15) is 0 Å². The van der Waals surface area contributed by atoms with Crippen LogP contribution in [0, 0.1) is 0 Å². The van der Waals surface area contributed by atoms with E-state index in [4.69, 9.17) is 4.74 Å². The van der Waals surface area contributed by atoms with Crippen LogP contribution in [0.4, 0.5) is 5.69 Å². The van der Waals surface area contributed by atoms with E-state index in [1.165, 1.54) is 55.9 Å². The molecule has 0 fully saturated rings. The third-order valence-electron chi connectivity index (χ3n) is 4.84. The third kappa shape index (κ3) is 5.02. The number of carbonyl (C=O) groups excluding carboxylic acids is 2. The average molecular weight is 416 g/mol. The molecular weight excluding hydrogens is 392 g/mol. The fourth-order valence-corrected chi connectivity index (χ4v) is 4.09. The number of esters is 1. The summed E-state index contributed by atoms with van der Waals surface area (Å²) in [6, 6.07) is 11.3. The van der Waals surface area contributed by atoms with Crippen LogP contribution in [0.25, 0.3) is 0 Å². The van der Waals surface area contributed by atoms with Gasteiger partial charge in [-0.15, -0.1) is 0 Å². The number of hydrogen-bond donors (Lipinski definition) is 1. The zero-order chi connectivity index (χ0) is 21.0. The fourth-order valence-electron chi connectivity index (χ4n) is 3.19. The molecule has 0 atom stereocenters. The normalized spacial score (nSPS) is 13.6. The van der Waals surface area contributed by atoms with Gasteiger partial charge in [-0.25, -0.2) is 17.5 Å². The molecule has 154 valence electrons. The summed E-state index contributed by atoms with van der Waals surface area (Å²) in [5.74, 6) is -1.04. The quantitative estimate of drug-likeness (QED) is 0.731. The number of aryl methyl sites for hydroxylation is 2. The number of nitrogens with zero attached hydrogens (tertiary/aromatic N) is 1. The Labute approximate surface area is 170 Å². The van der Waals surface area contributed by atoms with Gasteiger partial charge in [0.25, 0.3) is 5.91 Å². The van der Waals surface area contributed by atoms with E-state index in [1.807, 2.05) is 12.1 Å². The first-order valence-electron chi connectivity index (χ1n) is 9.39. The van der Waals surface area contributed by atoms with Gasteiger partial charge in [-0.1, -0.05) is 6.07 Å². The molecule has 1 N–H and O–H groups in total. The molecule has 0 aromatic heterocycles. The van der Waals surface area contributed by atoms with Crippen molar-refractivity contribution in [1.82, 2.24) is 4.31 Å². The Morgan fingerprint density at radius 3 is 2.31 bits per heavy atom. The Hall–Kier alpha value is -2.71. The number of sulfonamides is 1. The van der Waals surface area contributed by atoms with Gasteiger partial charge in [0.15, 0.2) is 6.61 Å². The van der Waals surface area contributed by atoms with Gasteiger partial charge in [0, 0.05) is 19.8 Å². The molecule has 7 nitrogen and oxygen atoms in total. The number of carbonyl (C=O) groups is 2. The first-order chi connectivity index (χ1) is 13.8. The van der Waals surface area contributed by atoms with Crippen LogP contribution in [-0.2, 0) is 32.4 Å². The summed E-state index contributed by atoms with van der Waals surface area (Å²) >= 11 is 0. The van der Waals surface area contributed by atoms with Crippen molar-refractivity contribution in [2.75, 3.05) is 26.0 Å². The van der Waals surface area contributed by atoms with E-state index in [9.17, 15) is 18.0 Å². The predicted octanol–water partition coefficient (Wildman–Crippen LogP) is 2.61. The Morgan fingerprint density at radius 1 is 1.00 bits per heavy atom. The lowest BCUT2D eigenvalue weighted by Crippen LogP contribution is -2.22. The molecule has 1 aliphatic carbocycles. The van der Waals surface area contributed by atoms with Gasteiger partial charge in [-0.2, -0.15) is 0 Å². The van der Waals surface area contributed by atoms with E-state index in [-0.39, 0.29) is 4.90 Å². The first-order valence-corrected chi connectivity index (χ1v) is 10.8. The molecule has 0 saturated heterocycles. The van der Waals surface area contributed by atoms with E-state index >= 15 is 0 Å². The van der Waals surface area contributed by atoms with Crippen molar-refractivity contribution in [2.24, 2.45) is 0 Å². The Kier molecular flexibility index (Phi) is 6.34. The number of benzene rings is 2. The Bertz CT molecular complexity index is 1010. The van der Waals surface area contributed by atoms with E-state index in [2.05, 4.69) is 5.32 Å². The molecule has 0 bridgehead atoms. The van der Waals surface area contributed by atoms with Crippen molar-refractivity contribution in [3.8, 4) is 0 Å². The number of ether oxygens (including phenoxy) is 1. The maximum absolute atomic E-state index is 12.2. The fraction of sp³-hybridized carbons (Fsp3) is 0.333. The van der Waals surface area contributed by atoms with Gasteiger partial charge in [0.2, 0.25) is 10.0 Å². The minimum atomic E-state index is -3.53. The SMILES string of the molecule is CN(C)S(=O)(=O)c1ccc(NC(=O)COC(=O)c2ccc3c(c2)CCCC3)cc1. The highest BCUT2D eigenvalue weighted by Gasteiger charge is 2.17. The minimum Gasteiger partial charge on any atom is -0.452 e. The maximum Gasteiger partial charge on any atom is 0.338 e. The highest BCUT2D eigenvalue weighted by molar-refractivity contribution is 7.89. The smallest absolute Gasteiger partial charge is 0.338 e. The second-order valence-corrected chi connectivity index (χ2v) is 9.28. The van der Waals surface area contributed by atoms with Gasteiger partial charge in [-0.3, -0.25) is 4.79 Å². The van der Waals surface area contributed by atoms with Crippen LogP contribution in [-0.4, -0.2) is 45.3 Å². The van der Waals surface area contributed by atoms with Gasteiger partial charge >= 0.3 is 5.97 Å².